The molecule has 0 aromatic heterocycles. The zero-order valence-electron chi connectivity index (χ0n) is 9.79. The molecule has 14 heavy (non-hydrogen) atoms. The maximum absolute atomic E-state index is 4.11. The highest BCUT2D eigenvalue weighted by molar-refractivity contribution is 4.94. The minimum absolute atomic E-state index is 1.01. The normalized spacial score (nSPS) is 18.6. The largest absolute Gasteiger partial charge is 0.313 e. The molecule has 1 heterocycles. The number of nitrogens with zero attached hydrogens (tertiary/aromatic N) is 3. The van der Waals surface area contributed by atoms with Crippen LogP contribution in [0.3, 0.4) is 0 Å². The lowest BCUT2D eigenvalue weighted by atomic mass is 10.1. The molecule has 0 aromatic rings. The van der Waals surface area contributed by atoms with E-state index in [4.69, 9.17) is 0 Å². The standard InChI is InChI=1S/C11H23N3/c1-11(13(4)12(2)3)10-14-8-6-5-7-9-14/h1,5-10H2,2-4H3. The van der Waals surface area contributed by atoms with Crippen molar-refractivity contribution in [1.82, 2.24) is 14.9 Å². The minimum Gasteiger partial charge on any atom is -0.313 e. The molecule has 3 heteroatoms. The van der Waals surface area contributed by atoms with Gasteiger partial charge in [0, 0.05) is 33.4 Å². The molecule has 1 rings (SSSR count). The van der Waals surface area contributed by atoms with E-state index in [-0.39, 0.29) is 0 Å². The number of rotatable bonds is 4. The van der Waals surface area contributed by atoms with Gasteiger partial charge in [-0.05, 0) is 25.9 Å². The Balaban J connectivity index is 2.31. The lowest BCUT2D eigenvalue weighted by Crippen LogP contribution is -2.39. The molecule has 1 saturated heterocycles. The third-order valence-corrected chi connectivity index (χ3v) is 2.91. The van der Waals surface area contributed by atoms with E-state index in [2.05, 4.69) is 28.5 Å². The van der Waals surface area contributed by atoms with Crippen molar-refractivity contribution >= 4 is 0 Å². The molecule has 0 bridgehead atoms. The third kappa shape index (κ3) is 3.31. The molecule has 1 aliphatic rings. The summed E-state index contributed by atoms with van der Waals surface area (Å²) < 4.78 is 0. The SMILES string of the molecule is C=C(CN1CCCCC1)N(C)N(C)C. The molecule has 0 unspecified atom stereocenters. The fourth-order valence-electron chi connectivity index (χ4n) is 1.76. The summed E-state index contributed by atoms with van der Waals surface area (Å²) in [5.74, 6) is 0. The van der Waals surface area contributed by atoms with Crippen LogP contribution in [0.25, 0.3) is 0 Å². The first kappa shape index (κ1) is 11.5. The second-order valence-electron chi connectivity index (χ2n) is 4.27. The van der Waals surface area contributed by atoms with E-state index < -0.39 is 0 Å². The maximum Gasteiger partial charge on any atom is 0.0392 e. The molecule has 0 amide bonds. The number of hydrogen-bond donors (Lipinski definition) is 0. The number of likely N-dealkylation sites (tertiary alicyclic amines) is 1. The molecule has 0 radical (unpaired) electrons. The van der Waals surface area contributed by atoms with Crippen LogP contribution in [0.1, 0.15) is 19.3 Å². The molecule has 0 spiro atoms. The second kappa shape index (κ2) is 5.37. The van der Waals surface area contributed by atoms with Crippen LogP contribution in [0.2, 0.25) is 0 Å². The van der Waals surface area contributed by atoms with Gasteiger partial charge in [0.05, 0.1) is 0 Å². The number of likely N-dealkylation sites (N-methyl/N-ethyl adjacent to an activating group) is 1. The third-order valence-electron chi connectivity index (χ3n) is 2.91. The average Bonchev–Trinajstić information content (AvgIpc) is 2.18. The van der Waals surface area contributed by atoms with Gasteiger partial charge in [0.1, 0.15) is 0 Å². The van der Waals surface area contributed by atoms with Gasteiger partial charge < -0.3 is 5.01 Å². The summed E-state index contributed by atoms with van der Waals surface area (Å²) in [5.41, 5.74) is 1.18. The molecule has 0 aliphatic carbocycles. The van der Waals surface area contributed by atoms with Crippen molar-refractivity contribution in [3.05, 3.63) is 12.3 Å². The van der Waals surface area contributed by atoms with Crippen LogP contribution in [0.5, 0.6) is 0 Å². The highest BCUT2D eigenvalue weighted by Crippen LogP contribution is 2.11. The molecule has 82 valence electrons. The molecule has 1 aliphatic heterocycles. The smallest absolute Gasteiger partial charge is 0.0392 e. The lowest BCUT2D eigenvalue weighted by molar-refractivity contribution is 0.0833. The topological polar surface area (TPSA) is 9.72 Å². The van der Waals surface area contributed by atoms with Crippen molar-refractivity contribution in [2.24, 2.45) is 0 Å². The van der Waals surface area contributed by atoms with Gasteiger partial charge in [0.15, 0.2) is 0 Å². The van der Waals surface area contributed by atoms with E-state index in [9.17, 15) is 0 Å². The Morgan fingerprint density at radius 2 is 1.71 bits per heavy atom. The Kier molecular flexibility index (Phi) is 4.42. The summed E-state index contributed by atoms with van der Waals surface area (Å²) in [6.07, 6.45) is 4.09. The molecular formula is C11H23N3. The van der Waals surface area contributed by atoms with E-state index in [1.807, 2.05) is 14.1 Å². The van der Waals surface area contributed by atoms with Crippen LogP contribution < -0.4 is 0 Å². The first-order valence-electron chi connectivity index (χ1n) is 5.42. The van der Waals surface area contributed by atoms with Gasteiger partial charge in [-0.2, -0.15) is 0 Å². The van der Waals surface area contributed by atoms with E-state index in [1.54, 1.807) is 0 Å². The van der Waals surface area contributed by atoms with Crippen molar-refractivity contribution in [2.45, 2.75) is 19.3 Å². The maximum atomic E-state index is 4.11. The number of piperidine rings is 1. The summed E-state index contributed by atoms with van der Waals surface area (Å²) in [7, 11) is 6.15. The zero-order valence-corrected chi connectivity index (χ0v) is 9.79. The van der Waals surface area contributed by atoms with Crippen molar-refractivity contribution < 1.29 is 0 Å². The highest BCUT2D eigenvalue weighted by atomic mass is 15.6. The van der Waals surface area contributed by atoms with Crippen LogP contribution in [0.4, 0.5) is 0 Å². The summed E-state index contributed by atoms with van der Waals surface area (Å²) >= 11 is 0. The fourth-order valence-corrected chi connectivity index (χ4v) is 1.76. The van der Waals surface area contributed by atoms with E-state index >= 15 is 0 Å². The van der Waals surface area contributed by atoms with Crippen LogP contribution in [0.15, 0.2) is 12.3 Å². The first-order valence-corrected chi connectivity index (χ1v) is 5.42. The van der Waals surface area contributed by atoms with Crippen LogP contribution in [0, 0.1) is 0 Å². The summed E-state index contributed by atoms with van der Waals surface area (Å²) in [6, 6.07) is 0. The first-order chi connectivity index (χ1) is 6.61. The molecule has 3 nitrogen and oxygen atoms in total. The van der Waals surface area contributed by atoms with Crippen LogP contribution >= 0.6 is 0 Å². The molecule has 0 saturated carbocycles. The molecule has 0 atom stereocenters. The van der Waals surface area contributed by atoms with Gasteiger partial charge in [-0.3, -0.25) is 4.90 Å². The minimum atomic E-state index is 1.01. The predicted octanol–water partition coefficient (Wildman–Crippen LogP) is 1.39. The van der Waals surface area contributed by atoms with Crippen molar-refractivity contribution in [3.8, 4) is 0 Å². The number of hydrazine groups is 1. The van der Waals surface area contributed by atoms with E-state index in [0.717, 1.165) is 6.54 Å². The van der Waals surface area contributed by atoms with Gasteiger partial charge in [-0.25, -0.2) is 5.01 Å². The Labute approximate surface area is 87.9 Å². The molecule has 0 N–H and O–H groups in total. The molecule has 0 aromatic carbocycles. The molecular weight excluding hydrogens is 174 g/mol. The summed E-state index contributed by atoms with van der Waals surface area (Å²) in [6.45, 7) is 7.59. The summed E-state index contributed by atoms with van der Waals surface area (Å²) in [4.78, 5) is 2.49. The monoisotopic (exact) mass is 197 g/mol. The average molecular weight is 197 g/mol. The van der Waals surface area contributed by atoms with E-state index in [1.165, 1.54) is 38.0 Å². The van der Waals surface area contributed by atoms with Gasteiger partial charge in [-0.15, -0.1) is 0 Å². The Morgan fingerprint density at radius 1 is 1.14 bits per heavy atom. The number of hydrogen-bond acceptors (Lipinski definition) is 3. The van der Waals surface area contributed by atoms with Gasteiger partial charge in [-0.1, -0.05) is 13.0 Å². The van der Waals surface area contributed by atoms with Crippen LogP contribution in [-0.4, -0.2) is 55.7 Å². The summed E-state index contributed by atoms with van der Waals surface area (Å²) in [5, 5.41) is 4.17. The predicted molar refractivity (Wildman–Crippen MR) is 60.9 cm³/mol. The Morgan fingerprint density at radius 3 is 2.21 bits per heavy atom. The second-order valence-corrected chi connectivity index (χ2v) is 4.27. The highest BCUT2D eigenvalue weighted by Gasteiger charge is 2.13. The van der Waals surface area contributed by atoms with Crippen molar-refractivity contribution in [1.29, 1.82) is 0 Å². The zero-order chi connectivity index (χ0) is 10.6. The van der Waals surface area contributed by atoms with Gasteiger partial charge in [0.2, 0.25) is 0 Å². The van der Waals surface area contributed by atoms with Gasteiger partial charge in [0.25, 0.3) is 0 Å². The van der Waals surface area contributed by atoms with Crippen molar-refractivity contribution in [2.75, 3.05) is 40.8 Å². The lowest BCUT2D eigenvalue weighted by Gasteiger charge is -2.33. The van der Waals surface area contributed by atoms with Crippen molar-refractivity contribution in [3.63, 3.8) is 0 Å². The Bertz CT molecular complexity index is 183. The Hall–Kier alpha value is -0.540. The van der Waals surface area contributed by atoms with Crippen LogP contribution in [-0.2, 0) is 0 Å². The van der Waals surface area contributed by atoms with E-state index in [0.29, 0.717) is 0 Å². The quantitative estimate of drug-likeness (QED) is 0.631. The molecule has 1 fully saturated rings. The van der Waals surface area contributed by atoms with Gasteiger partial charge >= 0.3 is 0 Å². The fraction of sp³-hybridized carbons (Fsp3) is 0.818.